The molecule has 0 spiro atoms. The maximum atomic E-state index is 12.5. The van der Waals surface area contributed by atoms with Crippen LogP contribution in [0.5, 0.6) is 5.75 Å². The number of ketones is 1. The molecule has 0 atom stereocenters. The number of nitro benzene ring substituents is 1. The van der Waals surface area contributed by atoms with Crippen LogP contribution in [0, 0.1) is 10.1 Å². The number of benzene rings is 2. The van der Waals surface area contributed by atoms with Crippen molar-refractivity contribution in [3.8, 4) is 5.75 Å². The topological polar surface area (TPSA) is 107 Å². The third kappa shape index (κ3) is 3.42. The Bertz CT molecular complexity index is 1220. The summed E-state index contributed by atoms with van der Waals surface area (Å²) in [6, 6.07) is 8.73. The number of ether oxygens (including phenoxy) is 1. The summed E-state index contributed by atoms with van der Waals surface area (Å²) >= 11 is 0. The largest absolute Gasteiger partial charge is 0.423 e. The molecule has 2 aliphatic heterocycles. The van der Waals surface area contributed by atoms with Crippen LogP contribution < -0.4 is 9.64 Å². The highest BCUT2D eigenvalue weighted by Crippen LogP contribution is 2.46. The van der Waals surface area contributed by atoms with Gasteiger partial charge in [-0.05, 0) is 62.2 Å². The second-order valence-corrected chi connectivity index (χ2v) is 7.92. The number of carbonyl (C=O) groups excluding carboxylic acids is 3. The fourth-order valence-corrected chi connectivity index (χ4v) is 3.94. The van der Waals surface area contributed by atoms with E-state index >= 15 is 0 Å². The van der Waals surface area contributed by atoms with Crippen LogP contribution in [0.15, 0.2) is 48.6 Å². The zero-order valence-corrected chi connectivity index (χ0v) is 17.0. The van der Waals surface area contributed by atoms with E-state index < -0.39 is 28.1 Å². The number of hydrogen-bond donors (Lipinski definition) is 0. The van der Waals surface area contributed by atoms with E-state index in [-0.39, 0.29) is 17.0 Å². The molecule has 2 aromatic carbocycles. The summed E-state index contributed by atoms with van der Waals surface area (Å²) in [6.07, 6.45) is 4.55. The maximum Gasteiger partial charge on any atom is 0.336 e. The Morgan fingerprint density at radius 3 is 2.42 bits per heavy atom. The molecule has 0 aliphatic carbocycles. The van der Waals surface area contributed by atoms with Gasteiger partial charge < -0.3 is 4.74 Å². The first-order valence-corrected chi connectivity index (χ1v) is 9.49. The van der Waals surface area contributed by atoms with Crippen molar-refractivity contribution >= 4 is 40.7 Å². The molecule has 0 N–H and O–H groups in total. The standard InChI is InChI=1S/C23H18N2O6/c1-13-12-23(2,3)24-20-17(13)10-16(11-18(20)21(27)22(24)28)31-19(26)9-6-14-4-7-15(8-5-14)25(29)30/h4-12H,1-3H3/b9-6+. The number of amides is 1. The van der Waals surface area contributed by atoms with E-state index in [4.69, 9.17) is 4.74 Å². The van der Waals surface area contributed by atoms with E-state index in [9.17, 15) is 24.5 Å². The fraction of sp³-hybridized carbons (Fsp3) is 0.174. The van der Waals surface area contributed by atoms with Crippen molar-refractivity contribution in [1.29, 1.82) is 0 Å². The number of nitrogens with zero attached hydrogens (tertiary/aromatic N) is 2. The first-order valence-electron chi connectivity index (χ1n) is 9.49. The first-order chi connectivity index (χ1) is 14.6. The number of allylic oxidation sites excluding steroid dienone is 1. The third-order valence-corrected chi connectivity index (χ3v) is 5.25. The number of nitro groups is 1. The minimum absolute atomic E-state index is 0.0494. The molecule has 31 heavy (non-hydrogen) atoms. The number of hydrogen-bond acceptors (Lipinski definition) is 6. The average molecular weight is 418 g/mol. The molecule has 0 fully saturated rings. The van der Waals surface area contributed by atoms with Crippen LogP contribution in [0.3, 0.4) is 0 Å². The molecule has 2 aliphatic rings. The lowest BCUT2D eigenvalue weighted by molar-refractivity contribution is -0.384. The number of anilines is 1. The molecule has 0 radical (unpaired) electrons. The Morgan fingerprint density at radius 2 is 1.77 bits per heavy atom. The van der Waals surface area contributed by atoms with Gasteiger partial charge in [0.25, 0.3) is 17.4 Å². The summed E-state index contributed by atoms with van der Waals surface area (Å²) in [5, 5.41) is 10.7. The van der Waals surface area contributed by atoms with Crippen LogP contribution in [0.4, 0.5) is 11.4 Å². The summed E-state index contributed by atoms with van der Waals surface area (Å²) in [4.78, 5) is 49.0. The quantitative estimate of drug-likeness (QED) is 0.186. The van der Waals surface area contributed by atoms with Crippen molar-refractivity contribution < 1.29 is 24.0 Å². The van der Waals surface area contributed by atoms with Gasteiger partial charge in [-0.1, -0.05) is 6.08 Å². The minimum atomic E-state index is -0.683. The second kappa shape index (κ2) is 7.02. The Labute approximate surface area is 177 Å². The molecule has 0 unspecified atom stereocenters. The molecule has 156 valence electrons. The lowest BCUT2D eigenvalue weighted by Gasteiger charge is -2.38. The molecule has 8 nitrogen and oxygen atoms in total. The van der Waals surface area contributed by atoms with E-state index in [1.807, 2.05) is 26.8 Å². The molecule has 0 saturated heterocycles. The Hall–Kier alpha value is -4.07. The summed E-state index contributed by atoms with van der Waals surface area (Å²) < 4.78 is 5.37. The van der Waals surface area contributed by atoms with Gasteiger partial charge in [-0.2, -0.15) is 0 Å². The summed E-state index contributed by atoms with van der Waals surface area (Å²) in [5.41, 5.74) is 2.19. The summed E-state index contributed by atoms with van der Waals surface area (Å²) in [6.45, 7) is 5.59. The molecular formula is C23H18N2O6. The van der Waals surface area contributed by atoms with Crippen molar-refractivity contribution in [2.45, 2.75) is 26.3 Å². The number of esters is 1. The van der Waals surface area contributed by atoms with Crippen LogP contribution in [0.1, 0.15) is 42.3 Å². The molecule has 4 rings (SSSR count). The zero-order valence-electron chi connectivity index (χ0n) is 17.0. The highest BCUT2D eigenvalue weighted by molar-refractivity contribution is 6.53. The van der Waals surface area contributed by atoms with Gasteiger partial charge in [-0.15, -0.1) is 0 Å². The highest BCUT2D eigenvalue weighted by Gasteiger charge is 2.46. The monoisotopic (exact) mass is 418 g/mol. The number of carbonyl (C=O) groups is 3. The molecule has 2 aromatic rings. The van der Waals surface area contributed by atoms with Crippen molar-refractivity contribution in [3.63, 3.8) is 0 Å². The SMILES string of the molecule is CC1=CC(C)(C)N2C(=O)C(=O)c3cc(OC(=O)/C=C/c4ccc([N+](=O)[O-])cc4)cc1c32. The number of Topliss-reactive ketones (excluding diaryl/α,β-unsaturated/α-hetero) is 1. The molecule has 1 amide bonds. The summed E-state index contributed by atoms with van der Waals surface area (Å²) in [7, 11) is 0. The molecule has 8 heteroatoms. The van der Waals surface area contributed by atoms with Crippen LogP contribution in [-0.2, 0) is 9.59 Å². The molecule has 0 aromatic heterocycles. The van der Waals surface area contributed by atoms with Crippen LogP contribution in [-0.4, -0.2) is 28.1 Å². The third-order valence-electron chi connectivity index (χ3n) is 5.25. The van der Waals surface area contributed by atoms with E-state index in [0.717, 1.165) is 5.57 Å². The zero-order chi connectivity index (χ0) is 22.5. The van der Waals surface area contributed by atoms with Gasteiger partial charge in [-0.25, -0.2) is 4.79 Å². The van der Waals surface area contributed by atoms with Gasteiger partial charge in [0.1, 0.15) is 5.75 Å². The van der Waals surface area contributed by atoms with Crippen molar-refractivity contribution in [2.75, 3.05) is 4.90 Å². The molecular weight excluding hydrogens is 400 g/mol. The average Bonchev–Trinajstić information content (AvgIpc) is 2.96. The maximum absolute atomic E-state index is 12.5. The van der Waals surface area contributed by atoms with Gasteiger partial charge in [0.15, 0.2) is 0 Å². The Kier molecular flexibility index (Phi) is 4.57. The minimum Gasteiger partial charge on any atom is -0.423 e. The van der Waals surface area contributed by atoms with Crippen LogP contribution >= 0.6 is 0 Å². The Morgan fingerprint density at radius 1 is 1.13 bits per heavy atom. The van der Waals surface area contributed by atoms with Gasteiger partial charge in [0.05, 0.1) is 21.7 Å². The normalized spacial score (nSPS) is 16.4. The van der Waals surface area contributed by atoms with E-state index in [1.54, 1.807) is 6.07 Å². The highest BCUT2D eigenvalue weighted by atomic mass is 16.6. The first kappa shape index (κ1) is 20.2. The smallest absolute Gasteiger partial charge is 0.336 e. The van der Waals surface area contributed by atoms with Crippen LogP contribution in [0.2, 0.25) is 0 Å². The van der Waals surface area contributed by atoms with Crippen molar-refractivity contribution in [2.24, 2.45) is 0 Å². The summed E-state index contributed by atoms with van der Waals surface area (Å²) in [5.74, 6) is -1.77. The lowest BCUT2D eigenvalue weighted by Crippen LogP contribution is -2.47. The predicted octanol–water partition coefficient (Wildman–Crippen LogP) is 3.94. The number of non-ortho nitro benzene ring substituents is 1. The van der Waals surface area contributed by atoms with Crippen molar-refractivity contribution in [3.05, 3.63) is 75.4 Å². The molecule has 0 bridgehead atoms. The predicted molar refractivity (Wildman–Crippen MR) is 114 cm³/mol. The Balaban J connectivity index is 1.60. The van der Waals surface area contributed by atoms with Gasteiger partial charge in [-0.3, -0.25) is 24.6 Å². The van der Waals surface area contributed by atoms with Gasteiger partial charge in [0.2, 0.25) is 0 Å². The van der Waals surface area contributed by atoms with Crippen LogP contribution in [0.25, 0.3) is 11.6 Å². The van der Waals surface area contributed by atoms with Gasteiger partial charge >= 0.3 is 5.97 Å². The van der Waals surface area contributed by atoms with E-state index in [1.165, 1.54) is 47.4 Å². The van der Waals surface area contributed by atoms with E-state index in [0.29, 0.717) is 16.8 Å². The van der Waals surface area contributed by atoms with E-state index in [2.05, 4.69) is 0 Å². The number of rotatable bonds is 4. The van der Waals surface area contributed by atoms with Crippen molar-refractivity contribution in [1.82, 2.24) is 0 Å². The molecule has 2 heterocycles. The fourth-order valence-electron chi connectivity index (χ4n) is 3.94. The lowest BCUT2D eigenvalue weighted by atomic mass is 9.89. The molecule has 0 saturated carbocycles. The van der Waals surface area contributed by atoms with Gasteiger partial charge in [0, 0.05) is 23.8 Å². The second-order valence-electron chi connectivity index (χ2n) is 7.92.